The van der Waals surface area contributed by atoms with Crippen LogP contribution in [0.3, 0.4) is 0 Å². The van der Waals surface area contributed by atoms with Crippen LogP contribution in [0.15, 0.2) is 24.3 Å². The lowest BCUT2D eigenvalue weighted by molar-refractivity contribution is -0.112. The van der Waals surface area contributed by atoms with Crippen molar-refractivity contribution >= 4 is 5.78 Å². The second kappa shape index (κ2) is 9.13. The molecule has 0 aromatic heterocycles. The van der Waals surface area contributed by atoms with Crippen molar-refractivity contribution in [1.82, 2.24) is 0 Å². The third kappa shape index (κ3) is 6.18. The van der Waals surface area contributed by atoms with E-state index < -0.39 is 0 Å². The molecule has 102 valence electrons. The molecule has 0 bridgehead atoms. The van der Waals surface area contributed by atoms with E-state index in [0.717, 1.165) is 18.3 Å². The van der Waals surface area contributed by atoms with Crippen LogP contribution in [0.25, 0.3) is 0 Å². The molecule has 18 heavy (non-hydrogen) atoms. The van der Waals surface area contributed by atoms with Gasteiger partial charge < -0.3 is 0 Å². The smallest absolute Gasteiger partial charge is 0.152 e. The molecule has 0 aromatic rings. The maximum absolute atomic E-state index is 10.9. The molecular weight excluding hydrogens is 220 g/mol. The second-order valence-electron chi connectivity index (χ2n) is 5.53. The number of rotatable bonds is 8. The van der Waals surface area contributed by atoms with Gasteiger partial charge in [0.25, 0.3) is 0 Å². The third-order valence-corrected chi connectivity index (χ3v) is 3.87. The van der Waals surface area contributed by atoms with Gasteiger partial charge in [-0.15, -0.1) is 0 Å². The summed E-state index contributed by atoms with van der Waals surface area (Å²) in [7, 11) is 0. The summed E-state index contributed by atoms with van der Waals surface area (Å²) in [6, 6.07) is 0. The number of carbonyl (C=O) groups excluding carboxylic acids is 1. The maximum Gasteiger partial charge on any atom is 0.152 e. The van der Waals surface area contributed by atoms with Crippen molar-refractivity contribution in [3.8, 4) is 0 Å². The molecule has 1 rings (SSSR count). The molecule has 1 nitrogen and oxygen atoms in total. The van der Waals surface area contributed by atoms with E-state index in [0.29, 0.717) is 0 Å². The molecule has 1 fully saturated rings. The van der Waals surface area contributed by atoms with E-state index in [2.05, 4.69) is 25.2 Å². The van der Waals surface area contributed by atoms with Gasteiger partial charge in [-0.25, -0.2) is 0 Å². The highest BCUT2D eigenvalue weighted by molar-refractivity contribution is 5.87. The van der Waals surface area contributed by atoms with Crippen molar-refractivity contribution in [2.45, 2.75) is 65.2 Å². The molecule has 0 aromatic carbocycles. The van der Waals surface area contributed by atoms with Crippen molar-refractivity contribution < 1.29 is 4.79 Å². The molecule has 1 aliphatic rings. The monoisotopic (exact) mass is 248 g/mol. The number of hydrogen-bond donors (Lipinski definition) is 0. The highest BCUT2D eigenvalue weighted by Crippen LogP contribution is 2.35. The van der Waals surface area contributed by atoms with Gasteiger partial charge in [0.1, 0.15) is 0 Å². The Morgan fingerprint density at radius 3 is 2.78 bits per heavy atom. The predicted octanol–water partition coefficient (Wildman–Crippen LogP) is 5.07. The van der Waals surface area contributed by atoms with E-state index in [9.17, 15) is 4.79 Å². The fraction of sp³-hybridized carbons (Fsp3) is 0.706. The third-order valence-electron chi connectivity index (χ3n) is 3.87. The Bertz CT molecular complexity index is 288. The first kappa shape index (κ1) is 15.2. The molecule has 1 saturated carbocycles. The number of ketones is 1. The van der Waals surface area contributed by atoms with Gasteiger partial charge in [0.05, 0.1) is 0 Å². The summed E-state index contributed by atoms with van der Waals surface area (Å²) < 4.78 is 0. The van der Waals surface area contributed by atoms with Crippen LogP contribution in [0.2, 0.25) is 0 Å². The molecule has 0 radical (unpaired) electrons. The Balaban J connectivity index is 2.28. The van der Waals surface area contributed by atoms with Crippen LogP contribution in [0.4, 0.5) is 0 Å². The molecule has 1 aliphatic carbocycles. The van der Waals surface area contributed by atoms with Crippen LogP contribution in [0, 0.1) is 11.8 Å². The zero-order valence-electron chi connectivity index (χ0n) is 12.0. The standard InChI is InChI=1S/C17H28O/c1-3-4-5-6-7-11-16-13-9-14-17(16)12-8-10-15(2)18/h7-8,10-11,16-17H,3-6,9,12-14H2,1-2H3/b10-8+,11-7+. The molecular formula is C17H28O. The minimum absolute atomic E-state index is 0.166. The van der Waals surface area contributed by atoms with Crippen molar-refractivity contribution in [3.63, 3.8) is 0 Å². The fourth-order valence-electron chi connectivity index (χ4n) is 2.80. The van der Waals surface area contributed by atoms with E-state index in [4.69, 9.17) is 0 Å². The summed E-state index contributed by atoms with van der Waals surface area (Å²) in [5.74, 6) is 1.69. The number of unbranched alkanes of at least 4 members (excludes halogenated alkanes) is 3. The SMILES string of the molecule is CCCCC/C=C/C1CCCC1C/C=C/C(C)=O. The molecule has 1 heteroatoms. The lowest BCUT2D eigenvalue weighted by Gasteiger charge is -2.13. The van der Waals surface area contributed by atoms with E-state index in [-0.39, 0.29) is 5.78 Å². The van der Waals surface area contributed by atoms with Crippen molar-refractivity contribution in [1.29, 1.82) is 0 Å². The van der Waals surface area contributed by atoms with Crippen molar-refractivity contribution in [2.24, 2.45) is 11.8 Å². The van der Waals surface area contributed by atoms with E-state index in [1.807, 2.05) is 0 Å². The maximum atomic E-state index is 10.9. The summed E-state index contributed by atoms with van der Waals surface area (Å²) >= 11 is 0. The minimum atomic E-state index is 0.166. The largest absolute Gasteiger partial charge is 0.295 e. The highest BCUT2D eigenvalue weighted by atomic mass is 16.1. The molecule has 2 unspecified atom stereocenters. The first-order chi connectivity index (χ1) is 8.74. The number of hydrogen-bond acceptors (Lipinski definition) is 1. The van der Waals surface area contributed by atoms with Crippen LogP contribution in [-0.2, 0) is 4.79 Å². The second-order valence-corrected chi connectivity index (χ2v) is 5.53. The average Bonchev–Trinajstić information content (AvgIpc) is 2.76. The van der Waals surface area contributed by atoms with E-state index >= 15 is 0 Å². The minimum Gasteiger partial charge on any atom is -0.295 e. The van der Waals surface area contributed by atoms with Crippen LogP contribution in [0.5, 0.6) is 0 Å². The zero-order chi connectivity index (χ0) is 13.2. The first-order valence-corrected chi connectivity index (χ1v) is 7.57. The van der Waals surface area contributed by atoms with Gasteiger partial charge in [0.2, 0.25) is 0 Å². The van der Waals surface area contributed by atoms with Gasteiger partial charge in [-0.2, -0.15) is 0 Å². The number of allylic oxidation sites excluding steroid dienone is 4. The van der Waals surface area contributed by atoms with Gasteiger partial charge >= 0.3 is 0 Å². The summed E-state index contributed by atoms with van der Waals surface area (Å²) in [6.07, 6.45) is 18.9. The normalized spacial score (nSPS) is 24.3. The van der Waals surface area contributed by atoms with Gasteiger partial charge in [0, 0.05) is 0 Å². The molecule has 0 saturated heterocycles. The van der Waals surface area contributed by atoms with E-state index in [1.165, 1.54) is 44.9 Å². The van der Waals surface area contributed by atoms with Crippen molar-refractivity contribution in [2.75, 3.05) is 0 Å². The Hall–Kier alpha value is -0.850. The van der Waals surface area contributed by atoms with Crippen LogP contribution >= 0.6 is 0 Å². The van der Waals surface area contributed by atoms with Crippen LogP contribution in [-0.4, -0.2) is 5.78 Å². The summed E-state index contributed by atoms with van der Waals surface area (Å²) in [6.45, 7) is 3.87. The Morgan fingerprint density at radius 2 is 2.06 bits per heavy atom. The molecule has 0 amide bonds. The molecule has 0 aliphatic heterocycles. The molecule has 2 atom stereocenters. The van der Waals surface area contributed by atoms with Crippen LogP contribution < -0.4 is 0 Å². The Labute approximate surface area is 112 Å². The van der Waals surface area contributed by atoms with E-state index in [1.54, 1.807) is 13.0 Å². The van der Waals surface area contributed by atoms with Crippen LogP contribution in [0.1, 0.15) is 65.2 Å². The topological polar surface area (TPSA) is 17.1 Å². The summed E-state index contributed by atoms with van der Waals surface area (Å²) in [4.78, 5) is 10.9. The Kier molecular flexibility index (Phi) is 7.71. The fourth-order valence-corrected chi connectivity index (χ4v) is 2.80. The average molecular weight is 248 g/mol. The summed E-state index contributed by atoms with van der Waals surface area (Å²) in [5, 5.41) is 0. The lowest BCUT2D eigenvalue weighted by Crippen LogP contribution is -2.04. The number of carbonyl (C=O) groups is 1. The lowest BCUT2D eigenvalue weighted by atomic mass is 9.92. The Morgan fingerprint density at radius 1 is 1.22 bits per heavy atom. The molecule has 0 spiro atoms. The quantitative estimate of drug-likeness (QED) is 0.333. The van der Waals surface area contributed by atoms with Crippen molar-refractivity contribution in [3.05, 3.63) is 24.3 Å². The predicted molar refractivity (Wildman–Crippen MR) is 78.6 cm³/mol. The summed E-state index contributed by atoms with van der Waals surface area (Å²) in [5.41, 5.74) is 0. The highest BCUT2D eigenvalue weighted by Gasteiger charge is 2.23. The van der Waals surface area contributed by atoms with Gasteiger partial charge in [0.15, 0.2) is 5.78 Å². The zero-order valence-corrected chi connectivity index (χ0v) is 12.0. The van der Waals surface area contributed by atoms with Gasteiger partial charge in [-0.3, -0.25) is 4.79 Å². The van der Waals surface area contributed by atoms with Gasteiger partial charge in [-0.05, 0) is 56.9 Å². The molecule has 0 heterocycles. The van der Waals surface area contributed by atoms with Gasteiger partial charge in [-0.1, -0.05) is 44.4 Å². The first-order valence-electron chi connectivity index (χ1n) is 7.57. The molecule has 0 N–H and O–H groups in total.